The number of nitro groups is 1. The third kappa shape index (κ3) is 4.48. The van der Waals surface area contributed by atoms with Gasteiger partial charge >= 0.3 is 0 Å². The molecule has 2 aromatic heterocycles. The second-order valence-electron chi connectivity index (χ2n) is 5.35. The number of carbonyl (C=O) groups excluding carboxylic acids is 1. The number of benzene rings is 1. The molecular formula is C16H14N6O5S. The lowest BCUT2D eigenvalue weighted by Gasteiger charge is -2.05. The van der Waals surface area contributed by atoms with Crippen LogP contribution in [0.25, 0.3) is 11.3 Å². The Hall–Kier alpha value is -3.80. The minimum Gasteiger partial charge on any atom is -0.496 e. The summed E-state index contributed by atoms with van der Waals surface area (Å²) < 4.78 is 10.8. The van der Waals surface area contributed by atoms with Gasteiger partial charge in [0.1, 0.15) is 22.3 Å². The minimum absolute atomic E-state index is 0.00953. The Balaban J connectivity index is 1.66. The van der Waals surface area contributed by atoms with Gasteiger partial charge in [-0.15, -0.1) is 10.2 Å². The second kappa shape index (κ2) is 8.26. The van der Waals surface area contributed by atoms with E-state index in [2.05, 4.69) is 20.7 Å². The smallest absolute Gasteiger partial charge is 0.273 e. The molecule has 1 aromatic carbocycles. The molecule has 3 aromatic rings. The Kier molecular flexibility index (Phi) is 5.60. The van der Waals surface area contributed by atoms with Gasteiger partial charge in [0.25, 0.3) is 5.69 Å². The number of rotatable bonds is 7. The van der Waals surface area contributed by atoms with Crippen molar-refractivity contribution in [1.29, 1.82) is 0 Å². The van der Waals surface area contributed by atoms with Crippen LogP contribution in [0.15, 0.2) is 39.9 Å². The molecule has 3 rings (SSSR count). The normalized spacial score (nSPS) is 10.9. The van der Waals surface area contributed by atoms with Crippen molar-refractivity contribution >= 4 is 34.3 Å². The Morgan fingerprint density at radius 1 is 1.43 bits per heavy atom. The van der Waals surface area contributed by atoms with E-state index in [9.17, 15) is 14.9 Å². The van der Waals surface area contributed by atoms with Crippen LogP contribution in [0.1, 0.15) is 10.8 Å². The van der Waals surface area contributed by atoms with E-state index in [1.165, 1.54) is 31.5 Å². The van der Waals surface area contributed by atoms with Gasteiger partial charge in [-0.25, -0.2) is 5.43 Å². The first-order valence-electron chi connectivity index (χ1n) is 7.78. The quantitative estimate of drug-likeness (QED) is 0.345. The van der Waals surface area contributed by atoms with Gasteiger partial charge in [0.15, 0.2) is 0 Å². The lowest BCUT2D eigenvalue weighted by molar-refractivity contribution is -0.384. The highest BCUT2D eigenvalue weighted by Crippen LogP contribution is 2.33. The standard InChI is InChI=1S/C16H14N6O5S/c1-26-13-6-9(22(24)25)2-4-11(13)12-5-3-10(27-12)8-18-19-14(23)7-15-20-21-16(17)28-15/h2-6,8H,7H2,1H3,(H2,17,21)(H,19,23)/b18-8+. The lowest BCUT2D eigenvalue weighted by atomic mass is 10.1. The number of nitro benzene ring substituents is 1. The monoisotopic (exact) mass is 402 g/mol. The Labute approximate surface area is 162 Å². The van der Waals surface area contributed by atoms with Crippen LogP contribution >= 0.6 is 11.3 Å². The number of methoxy groups -OCH3 is 1. The fourth-order valence-corrected chi connectivity index (χ4v) is 2.85. The first-order chi connectivity index (χ1) is 13.5. The molecule has 2 heterocycles. The van der Waals surface area contributed by atoms with Crippen molar-refractivity contribution in [1.82, 2.24) is 15.6 Å². The molecular weight excluding hydrogens is 388 g/mol. The van der Waals surface area contributed by atoms with E-state index >= 15 is 0 Å². The van der Waals surface area contributed by atoms with Gasteiger partial charge in [-0.1, -0.05) is 11.3 Å². The molecule has 0 bridgehead atoms. The van der Waals surface area contributed by atoms with Gasteiger partial charge in [0, 0.05) is 6.07 Å². The molecule has 0 aliphatic heterocycles. The van der Waals surface area contributed by atoms with Crippen LogP contribution in [0.3, 0.4) is 0 Å². The predicted molar refractivity (Wildman–Crippen MR) is 101 cm³/mol. The molecule has 144 valence electrons. The van der Waals surface area contributed by atoms with Crippen LogP contribution in [-0.2, 0) is 11.2 Å². The summed E-state index contributed by atoms with van der Waals surface area (Å²) in [5, 5.41) is 22.8. The summed E-state index contributed by atoms with van der Waals surface area (Å²) in [5.41, 5.74) is 8.26. The molecule has 0 radical (unpaired) electrons. The topological polar surface area (TPSA) is 159 Å². The van der Waals surface area contributed by atoms with Gasteiger partial charge < -0.3 is 14.9 Å². The molecule has 11 nitrogen and oxygen atoms in total. The number of ether oxygens (including phenoxy) is 1. The number of anilines is 1. The van der Waals surface area contributed by atoms with Crippen LogP contribution in [0, 0.1) is 10.1 Å². The number of furan rings is 1. The zero-order valence-corrected chi connectivity index (χ0v) is 15.3. The highest BCUT2D eigenvalue weighted by atomic mass is 32.1. The fourth-order valence-electron chi connectivity index (χ4n) is 2.25. The number of nitrogen functional groups attached to an aromatic ring is 1. The number of amides is 1. The van der Waals surface area contributed by atoms with Crippen LogP contribution in [-0.4, -0.2) is 34.4 Å². The van der Waals surface area contributed by atoms with E-state index in [4.69, 9.17) is 14.9 Å². The Bertz CT molecular complexity index is 1040. The molecule has 0 saturated heterocycles. The number of non-ortho nitro benzene ring substituents is 1. The van der Waals surface area contributed by atoms with Crippen molar-refractivity contribution in [3.05, 3.63) is 51.2 Å². The highest BCUT2D eigenvalue weighted by molar-refractivity contribution is 7.15. The average molecular weight is 402 g/mol. The first kappa shape index (κ1) is 19.0. The maximum Gasteiger partial charge on any atom is 0.273 e. The van der Waals surface area contributed by atoms with E-state index in [0.717, 1.165) is 11.3 Å². The van der Waals surface area contributed by atoms with Gasteiger partial charge in [-0.3, -0.25) is 14.9 Å². The molecule has 0 unspecified atom stereocenters. The summed E-state index contributed by atoms with van der Waals surface area (Å²) in [6, 6.07) is 7.50. The number of carbonyl (C=O) groups is 1. The molecule has 0 aliphatic rings. The van der Waals surface area contributed by atoms with Crippen LogP contribution in [0.2, 0.25) is 0 Å². The lowest BCUT2D eigenvalue weighted by Crippen LogP contribution is -2.19. The molecule has 0 saturated carbocycles. The maximum atomic E-state index is 11.8. The third-order valence-corrected chi connectivity index (χ3v) is 4.22. The van der Waals surface area contributed by atoms with E-state index in [0.29, 0.717) is 27.8 Å². The maximum absolute atomic E-state index is 11.8. The summed E-state index contributed by atoms with van der Waals surface area (Å²) in [6.45, 7) is 0. The van der Waals surface area contributed by atoms with Gasteiger partial charge in [0.2, 0.25) is 11.0 Å². The second-order valence-corrected chi connectivity index (χ2v) is 6.44. The number of hydrazone groups is 1. The summed E-state index contributed by atoms with van der Waals surface area (Å²) in [6.07, 6.45) is 1.34. The highest BCUT2D eigenvalue weighted by Gasteiger charge is 2.15. The van der Waals surface area contributed by atoms with Gasteiger partial charge in [0.05, 0.1) is 36.3 Å². The fraction of sp³-hybridized carbons (Fsp3) is 0.125. The van der Waals surface area contributed by atoms with Crippen molar-refractivity contribution in [3.63, 3.8) is 0 Å². The number of hydrogen-bond donors (Lipinski definition) is 2. The molecule has 0 spiro atoms. The number of nitrogens with one attached hydrogen (secondary N) is 1. The van der Waals surface area contributed by atoms with Gasteiger partial charge in [-0.05, 0) is 18.2 Å². The van der Waals surface area contributed by atoms with Crippen molar-refractivity contribution in [2.24, 2.45) is 5.10 Å². The van der Waals surface area contributed by atoms with E-state index in [1.807, 2.05) is 0 Å². The third-order valence-electron chi connectivity index (χ3n) is 3.46. The van der Waals surface area contributed by atoms with Crippen molar-refractivity contribution in [2.75, 3.05) is 12.8 Å². The zero-order chi connectivity index (χ0) is 20.1. The molecule has 3 N–H and O–H groups in total. The molecule has 1 amide bonds. The SMILES string of the molecule is COc1cc([N+](=O)[O-])ccc1-c1ccc(/C=N/NC(=O)Cc2nnc(N)s2)o1. The Morgan fingerprint density at radius 2 is 2.25 bits per heavy atom. The molecule has 12 heteroatoms. The molecule has 0 fully saturated rings. The molecule has 0 atom stereocenters. The molecule has 0 aliphatic carbocycles. The summed E-state index contributed by atoms with van der Waals surface area (Å²) >= 11 is 1.12. The summed E-state index contributed by atoms with van der Waals surface area (Å²) in [7, 11) is 1.41. The zero-order valence-electron chi connectivity index (χ0n) is 14.5. The summed E-state index contributed by atoms with van der Waals surface area (Å²) in [5.74, 6) is 0.729. The number of nitrogens with zero attached hydrogens (tertiary/aromatic N) is 4. The Morgan fingerprint density at radius 3 is 2.93 bits per heavy atom. The van der Waals surface area contributed by atoms with E-state index in [1.54, 1.807) is 12.1 Å². The average Bonchev–Trinajstić information content (AvgIpc) is 3.30. The van der Waals surface area contributed by atoms with Crippen LogP contribution in [0.4, 0.5) is 10.8 Å². The molecule has 28 heavy (non-hydrogen) atoms. The minimum atomic E-state index is -0.509. The van der Waals surface area contributed by atoms with Crippen molar-refractivity contribution in [2.45, 2.75) is 6.42 Å². The number of aromatic nitrogens is 2. The number of hydrogen-bond acceptors (Lipinski definition) is 10. The van der Waals surface area contributed by atoms with E-state index in [-0.39, 0.29) is 23.1 Å². The predicted octanol–water partition coefficient (Wildman–Crippen LogP) is 1.99. The van der Waals surface area contributed by atoms with Crippen LogP contribution < -0.4 is 15.9 Å². The van der Waals surface area contributed by atoms with Crippen molar-refractivity contribution in [3.8, 4) is 17.1 Å². The van der Waals surface area contributed by atoms with Gasteiger partial charge in [-0.2, -0.15) is 5.10 Å². The largest absolute Gasteiger partial charge is 0.496 e. The van der Waals surface area contributed by atoms with E-state index < -0.39 is 4.92 Å². The number of nitrogens with two attached hydrogens (primary N) is 1. The van der Waals surface area contributed by atoms with Crippen LogP contribution in [0.5, 0.6) is 5.75 Å². The van der Waals surface area contributed by atoms with Crippen molar-refractivity contribution < 1.29 is 18.9 Å². The first-order valence-corrected chi connectivity index (χ1v) is 8.60. The summed E-state index contributed by atoms with van der Waals surface area (Å²) in [4.78, 5) is 22.1.